The molecule has 0 bridgehead atoms. The minimum atomic E-state index is 0.521. The summed E-state index contributed by atoms with van der Waals surface area (Å²) in [6, 6.07) is 3.98. The molecule has 1 fully saturated rings. The van der Waals surface area contributed by atoms with E-state index >= 15 is 0 Å². The third kappa shape index (κ3) is 2.08. The summed E-state index contributed by atoms with van der Waals surface area (Å²) >= 11 is 0. The van der Waals surface area contributed by atoms with E-state index in [0.717, 1.165) is 5.92 Å². The molecule has 0 spiro atoms. The largest absolute Gasteiger partial charge is 0.397 e. The highest BCUT2D eigenvalue weighted by atomic mass is 14.7. The summed E-state index contributed by atoms with van der Waals surface area (Å²) < 4.78 is 0. The van der Waals surface area contributed by atoms with Crippen molar-refractivity contribution in [3.8, 4) is 0 Å². The van der Waals surface area contributed by atoms with Gasteiger partial charge in [0.25, 0.3) is 0 Å². The fourth-order valence-corrected chi connectivity index (χ4v) is 2.55. The van der Waals surface area contributed by atoms with Crippen LogP contribution in [0.1, 0.15) is 44.1 Å². The van der Waals surface area contributed by atoms with Crippen LogP contribution >= 0.6 is 0 Å². The summed E-state index contributed by atoms with van der Waals surface area (Å²) in [6.07, 6.45) is 5.08. The average Bonchev–Trinajstić information content (AvgIpc) is 2.26. The van der Waals surface area contributed by atoms with E-state index in [2.05, 4.69) is 6.92 Å². The van der Waals surface area contributed by atoms with Crippen LogP contribution in [0.25, 0.3) is 0 Å². The van der Waals surface area contributed by atoms with Crippen LogP contribution in [0.15, 0.2) is 12.1 Å². The molecule has 0 unspecified atom stereocenters. The van der Waals surface area contributed by atoms with Crippen molar-refractivity contribution in [2.45, 2.75) is 38.5 Å². The van der Waals surface area contributed by atoms with Gasteiger partial charge in [-0.25, -0.2) is 0 Å². The highest BCUT2D eigenvalue weighted by Crippen LogP contribution is 2.38. The van der Waals surface area contributed by atoms with Crippen molar-refractivity contribution < 1.29 is 0 Å². The topological polar surface area (TPSA) is 78.1 Å². The monoisotopic (exact) mass is 219 g/mol. The fraction of sp³-hybridized carbons (Fsp3) is 0.538. The van der Waals surface area contributed by atoms with Gasteiger partial charge in [0.15, 0.2) is 0 Å². The van der Waals surface area contributed by atoms with Crippen LogP contribution < -0.4 is 17.2 Å². The molecule has 0 saturated heterocycles. The van der Waals surface area contributed by atoms with E-state index in [1.165, 1.54) is 31.2 Å². The maximum absolute atomic E-state index is 5.85. The zero-order valence-corrected chi connectivity index (χ0v) is 9.87. The van der Waals surface area contributed by atoms with Crippen LogP contribution in [0.5, 0.6) is 0 Å². The molecule has 0 atom stereocenters. The molecule has 1 aromatic rings. The van der Waals surface area contributed by atoms with Crippen molar-refractivity contribution in [3.63, 3.8) is 0 Å². The predicted molar refractivity (Wildman–Crippen MR) is 70.1 cm³/mol. The van der Waals surface area contributed by atoms with Gasteiger partial charge in [0.2, 0.25) is 0 Å². The molecule has 0 aromatic heterocycles. The lowest BCUT2D eigenvalue weighted by Crippen LogP contribution is -2.12. The smallest absolute Gasteiger partial charge is 0.0781 e. The van der Waals surface area contributed by atoms with Crippen molar-refractivity contribution in [1.29, 1.82) is 0 Å². The van der Waals surface area contributed by atoms with Crippen LogP contribution in [-0.4, -0.2) is 0 Å². The van der Waals surface area contributed by atoms with Gasteiger partial charge in [-0.05, 0) is 42.4 Å². The zero-order chi connectivity index (χ0) is 11.7. The number of hydrogen-bond donors (Lipinski definition) is 3. The van der Waals surface area contributed by atoms with Gasteiger partial charge >= 0.3 is 0 Å². The summed E-state index contributed by atoms with van der Waals surface area (Å²) in [4.78, 5) is 0. The SMILES string of the molecule is CC1CCC(c2cc(N)c(N)c(N)c2)CC1. The van der Waals surface area contributed by atoms with Crippen molar-refractivity contribution in [3.05, 3.63) is 17.7 Å². The van der Waals surface area contributed by atoms with Gasteiger partial charge in [0.05, 0.1) is 17.1 Å². The number of rotatable bonds is 1. The first-order valence-electron chi connectivity index (χ1n) is 6.02. The zero-order valence-electron chi connectivity index (χ0n) is 9.87. The standard InChI is InChI=1S/C13H21N3/c1-8-2-4-9(5-3-8)10-6-11(14)13(16)12(15)7-10/h6-9H,2-5,14-16H2,1H3. The van der Waals surface area contributed by atoms with Gasteiger partial charge < -0.3 is 17.2 Å². The molecular weight excluding hydrogens is 198 g/mol. The number of benzene rings is 1. The Bertz CT molecular complexity index is 356. The average molecular weight is 219 g/mol. The van der Waals surface area contributed by atoms with Crippen molar-refractivity contribution in [2.24, 2.45) is 5.92 Å². The molecule has 0 amide bonds. The summed E-state index contributed by atoms with van der Waals surface area (Å²) in [5.41, 5.74) is 20.5. The molecule has 1 aromatic carbocycles. The summed E-state index contributed by atoms with van der Waals surface area (Å²) in [6.45, 7) is 2.32. The van der Waals surface area contributed by atoms with Gasteiger partial charge in [-0.2, -0.15) is 0 Å². The summed E-state index contributed by atoms with van der Waals surface area (Å²) in [5.74, 6) is 1.47. The van der Waals surface area contributed by atoms with Gasteiger partial charge in [0.1, 0.15) is 0 Å². The quantitative estimate of drug-likeness (QED) is 0.635. The van der Waals surface area contributed by atoms with Crippen molar-refractivity contribution >= 4 is 17.1 Å². The highest BCUT2D eigenvalue weighted by Gasteiger charge is 2.20. The lowest BCUT2D eigenvalue weighted by molar-refractivity contribution is 0.348. The third-order valence-corrected chi connectivity index (χ3v) is 3.75. The Hall–Kier alpha value is -1.38. The molecule has 3 heteroatoms. The fourth-order valence-electron chi connectivity index (χ4n) is 2.55. The molecule has 16 heavy (non-hydrogen) atoms. The van der Waals surface area contributed by atoms with E-state index in [0.29, 0.717) is 23.0 Å². The van der Waals surface area contributed by atoms with Crippen LogP contribution in [0, 0.1) is 5.92 Å². The van der Waals surface area contributed by atoms with E-state index < -0.39 is 0 Å². The minimum absolute atomic E-state index is 0.521. The molecule has 2 rings (SSSR count). The molecule has 0 aliphatic heterocycles. The molecule has 3 nitrogen and oxygen atoms in total. The molecule has 1 saturated carbocycles. The molecular formula is C13H21N3. The lowest BCUT2D eigenvalue weighted by atomic mass is 9.79. The van der Waals surface area contributed by atoms with Gasteiger partial charge in [-0.3, -0.25) is 0 Å². The van der Waals surface area contributed by atoms with Crippen LogP contribution in [0.3, 0.4) is 0 Å². The third-order valence-electron chi connectivity index (χ3n) is 3.75. The van der Waals surface area contributed by atoms with E-state index in [1.54, 1.807) is 0 Å². The van der Waals surface area contributed by atoms with Crippen LogP contribution in [-0.2, 0) is 0 Å². The normalized spacial score (nSPS) is 25.6. The molecule has 0 radical (unpaired) electrons. The lowest BCUT2D eigenvalue weighted by Gasteiger charge is -2.27. The van der Waals surface area contributed by atoms with Crippen LogP contribution in [0.4, 0.5) is 17.1 Å². The van der Waals surface area contributed by atoms with Crippen molar-refractivity contribution in [1.82, 2.24) is 0 Å². The van der Waals surface area contributed by atoms with E-state index in [9.17, 15) is 0 Å². The van der Waals surface area contributed by atoms with E-state index in [4.69, 9.17) is 17.2 Å². The number of nitrogen functional groups attached to an aromatic ring is 3. The molecule has 1 aliphatic carbocycles. The first-order valence-corrected chi connectivity index (χ1v) is 6.02. The van der Waals surface area contributed by atoms with Crippen LogP contribution in [0.2, 0.25) is 0 Å². The van der Waals surface area contributed by atoms with Gasteiger partial charge in [0, 0.05) is 0 Å². The second-order valence-electron chi connectivity index (χ2n) is 5.07. The number of nitrogens with two attached hydrogens (primary N) is 3. The summed E-state index contributed by atoms with van der Waals surface area (Å²) in [7, 11) is 0. The maximum atomic E-state index is 5.85. The highest BCUT2D eigenvalue weighted by molar-refractivity contribution is 5.78. The predicted octanol–water partition coefficient (Wildman–Crippen LogP) is 2.73. The summed E-state index contributed by atoms with van der Waals surface area (Å²) in [5, 5.41) is 0. The second-order valence-corrected chi connectivity index (χ2v) is 5.07. The van der Waals surface area contributed by atoms with Gasteiger partial charge in [-0.1, -0.05) is 19.8 Å². The minimum Gasteiger partial charge on any atom is -0.397 e. The Morgan fingerprint density at radius 1 is 0.938 bits per heavy atom. The molecule has 88 valence electrons. The van der Waals surface area contributed by atoms with Gasteiger partial charge in [-0.15, -0.1) is 0 Å². The first kappa shape index (κ1) is 11.1. The first-order chi connectivity index (χ1) is 7.58. The van der Waals surface area contributed by atoms with Crippen molar-refractivity contribution in [2.75, 3.05) is 17.2 Å². The molecule has 1 aliphatic rings. The Labute approximate surface area is 97.0 Å². The molecule has 6 N–H and O–H groups in total. The Morgan fingerprint density at radius 3 is 1.94 bits per heavy atom. The Balaban J connectivity index is 2.21. The number of anilines is 3. The number of hydrogen-bond acceptors (Lipinski definition) is 3. The molecule has 0 heterocycles. The Morgan fingerprint density at radius 2 is 1.44 bits per heavy atom. The Kier molecular flexibility index (Phi) is 2.95. The van der Waals surface area contributed by atoms with E-state index in [-0.39, 0.29) is 0 Å². The van der Waals surface area contributed by atoms with E-state index in [1.807, 2.05) is 12.1 Å². The maximum Gasteiger partial charge on any atom is 0.0781 e. The second kappa shape index (κ2) is 4.24.